The highest BCUT2D eigenvalue weighted by Crippen LogP contribution is 2.31. The third-order valence-electron chi connectivity index (χ3n) is 5.93. The van der Waals surface area contributed by atoms with Gasteiger partial charge >= 0.3 is 5.97 Å². The number of cyclic esters (lactones) is 1. The van der Waals surface area contributed by atoms with Crippen molar-refractivity contribution in [1.29, 1.82) is 0 Å². The average molecular weight is 446 g/mol. The van der Waals surface area contributed by atoms with E-state index in [-0.39, 0.29) is 18.0 Å². The number of rotatable bonds is 7. The maximum Gasteiger partial charge on any atom is 0.339 e. The second-order valence-electron chi connectivity index (χ2n) is 8.05. The van der Waals surface area contributed by atoms with Gasteiger partial charge in [-0.3, -0.25) is 4.79 Å². The van der Waals surface area contributed by atoms with E-state index in [0.29, 0.717) is 42.0 Å². The van der Waals surface area contributed by atoms with Gasteiger partial charge in [0.1, 0.15) is 6.10 Å². The van der Waals surface area contributed by atoms with Crippen molar-refractivity contribution in [2.75, 3.05) is 27.8 Å². The van der Waals surface area contributed by atoms with E-state index in [0.717, 1.165) is 16.7 Å². The largest absolute Gasteiger partial charge is 0.493 e. The van der Waals surface area contributed by atoms with Gasteiger partial charge in [0, 0.05) is 25.6 Å². The van der Waals surface area contributed by atoms with Crippen LogP contribution in [-0.4, -0.2) is 44.6 Å². The van der Waals surface area contributed by atoms with Gasteiger partial charge in [0.05, 0.1) is 19.8 Å². The lowest BCUT2D eigenvalue weighted by molar-refractivity contribution is 0.0252. The normalized spacial score (nSPS) is 14.8. The molecule has 33 heavy (non-hydrogen) atoms. The molecule has 1 amide bonds. The lowest BCUT2D eigenvalue weighted by Gasteiger charge is -2.26. The second kappa shape index (κ2) is 9.77. The van der Waals surface area contributed by atoms with Gasteiger partial charge < -0.3 is 19.1 Å². The Bertz CT molecular complexity index is 1160. The molecule has 0 aromatic heterocycles. The molecule has 4 rings (SSSR count). The molecule has 0 aliphatic carbocycles. The van der Waals surface area contributed by atoms with Crippen LogP contribution in [0.25, 0.3) is 0 Å². The molecule has 0 N–H and O–H groups in total. The zero-order chi connectivity index (χ0) is 23.4. The van der Waals surface area contributed by atoms with Crippen LogP contribution in [0, 0.1) is 0 Å². The van der Waals surface area contributed by atoms with Gasteiger partial charge in [-0.05, 0) is 53.4 Å². The Morgan fingerprint density at radius 1 is 1.00 bits per heavy atom. The first-order valence-corrected chi connectivity index (χ1v) is 10.9. The third-order valence-corrected chi connectivity index (χ3v) is 5.93. The number of carbonyl (C=O) groups excluding carboxylic acids is 2. The number of amides is 1. The van der Waals surface area contributed by atoms with E-state index in [1.807, 2.05) is 54.6 Å². The Hall–Kier alpha value is -3.80. The molecule has 3 aromatic carbocycles. The summed E-state index contributed by atoms with van der Waals surface area (Å²) < 4.78 is 16.3. The third kappa shape index (κ3) is 4.85. The fraction of sp³-hybridized carbons (Fsp3) is 0.259. The number of hydrogen-bond acceptors (Lipinski definition) is 5. The van der Waals surface area contributed by atoms with E-state index in [9.17, 15) is 9.59 Å². The number of benzene rings is 3. The van der Waals surface area contributed by atoms with Crippen molar-refractivity contribution < 1.29 is 23.8 Å². The number of hydrogen-bond donors (Lipinski definition) is 0. The molecule has 1 aliphatic rings. The summed E-state index contributed by atoms with van der Waals surface area (Å²) in [6, 6.07) is 20.6. The van der Waals surface area contributed by atoms with Crippen molar-refractivity contribution in [2.45, 2.75) is 18.9 Å². The van der Waals surface area contributed by atoms with Gasteiger partial charge in [-0.2, -0.15) is 0 Å². The molecular weight excluding hydrogens is 418 g/mol. The SMILES string of the molecule is COc1ccc(CCN(C)C(=O)c2ccc3c(c2)C[C@@H](c2ccccc2)OC3=O)cc1OC. The zero-order valence-corrected chi connectivity index (χ0v) is 19.0. The molecule has 0 saturated carbocycles. The maximum atomic E-state index is 13.1. The van der Waals surface area contributed by atoms with Crippen LogP contribution in [0.2, 0.25) is 0 Å². The number of fused-ring (bicyclic) bond motifs is 1. The first-order chi connectivity index (χ1) is 16.0. The highest BCUT2D eigenvalue weighted by molar-refractivity contribution is 5.97. The first kappa shape index (κ1) is 22.4. The fourth-order valence-electron chi connectivity index (χ4n) is 4.04. The van der Waals surface area contributed by atoms with E-state index in [4.69, 9.17) is 14.2 Å². The quantitative estimate of drug-likeness (QED) is 0.502. The molecular formula is C27H27NO5. The number of likely N-dealkylation sites (N-methyl/N-ethyl adjacent to an activating group) is 1. The smallest absolute Gasteiger partial charge is 0.339 e. The highest BCUT2D eigenvalue weighted by atomic mass is 16.5. The molecule has 170 valence electrons. The van der Waals surface area contributed by atoms with E-state index >= 15 is 0 Å². The van der Waals surface area contributed by atoms with Crippen molar-refractivity contribution in [3.05, 3.63) is 94.5 Å². The Kier molecular flexibility index (Phi) is 6.63. The Morgan fingerprint density at radius 2 is 1.76 bits per heavy atom. The summed E-state index contributed by atoms with van der Waals surface area (Å²) in [7, 11) is 4.99. The summed E-state index contributed by atoms with van der Waals surface area (Å²) in [5, 5.41) is 0. The van der Waals surface area contributed by atoms with Crippen molar-refractivity contribution in [2.24, 2.45) is 0 Å². The minimum atomic E-state index is -0.356. The molecule has 0 saturated heterocycles. The van der Waals surface area contributed by atoms with E-state index in [1.165, 1.54) is 0 Å². The minimum absolute atomic E-state index is 0.0894. The van der Waals surface area contributed by atoms with E-state index in [1.54, 1.807) is 38.3 Å². The van der Waals surface area contributed by atoms with Crippen molar-refractivity contribution >= 4 is 11.9 Å². The van der Waals surface area contributed by atoms with Crippen LogP contribution in [0.4, 0.5) is 0 Å². The van der Waals surface area contributed by atoms with Crippen LogP contribution < -0.4 is 9.47 Å². The lowest BCUT2D eigenvalue weighted by atomic mass is 9.93. The first-order valence-electron chi connectivity index (χ1n) is 10.9. The standard InChI is InChI=1S/C27H27NO5/c1-28(14-13-18-9-12-23(31-2)25(15-18)32-3)26(29)20-10-11-22-21(16-20)17-24(33-27(22)30)19-7-5-4-6-8-19/h4-12,15-16,24H,13-14,17H2,1-3H3/t24-/m0/s1. The molecule has 1 aliphatic heterocycles. The summed E-state index contributed by atoms with van der Waals surface area (Å²) in [6.07, 6.45) is 0.872. The van der Waals surface area contributed by atoms with Gasteiger partial charge in [-0.1, -0.05) is 36.4 Å². The minimum Gasteiger partial charge on any atom is -0.493 e. The molecule has 0 bridgehead atoms. The van der Waals surface area contributed by atoms with Gasteiger partial charge in [-0.25, -0.2) is 4.79 Å². The maximum absolute atomic E-state index is 13.1. The fourth-order valence-corrected chi connectivity index (χ4v) is 4.04. The monoisotopic (exact) mass is 445 g/mol. The molecule has 3 aromatic rings. The van der Waals surface area contributed by atoms with Crippen LogP contribution in [0.15, 0.2) is 66.7 Å². The van der Waals surface area contributed by atoms with Crippen LogP contribution in [0.5, 0.6) is 11.5 Å². The predicted molar refractivity (Wildman–Crippen MR) is 125 cm³/mol. The molecule has 0 spiro atoms. The van der Waals surface area contributed by atoms with Gasteiger partial charge in [0.15, 0.2) is 11.5 Å². The molecule has 6 heteroatoms. The highest BCUT2D eigenvalue weighted by Gasteiger charge is 2.28. The summed E-state index contributed by atoms with van der Waals surface area (Å²) in [4.78, 5) is 27.3. The molecule has 6 nitrogen and oxygen atoms in total. The number of ether oxygens (including phenoxy) is 3. The number of methoxy groups -OCH3 is 2. The second-order valence-corrected chi connectivity index (χ2v) is 8.05. The summed E-state index contributed by atoms with van der Waals surface area (Å²) >= 11 is 0. The van der Waals surface area contributed by atoms with Crippen LogP contribution in [0.1, 0.15) is 43.5 Å². The Balaban J connectivity index is 1.46. The van der Waals surface area contributed by atoms with Crippen molar-refractivity contribution in [3.63, 3.8) is 0 Å². The van der Waals surface area contributed by atoms with Crippen LogP contribution in [-0.2, 0) is 17.6 Å². The molecule has 0 fully saturated rings. The lowest BCUT2D eigenvalue weighted by Crippen LogP contribution is -2.29. The summed E-state index contributed by atoms with van der Waals surface area (Å²) in [5.74, 6) is 0.894. The molecule has 1 heterocycles. The summed E-state index contributed by atoms with van der Waals surface area (Å²) in [5.41, 5.74) is 3.91. The van der Waals surface area contributed by atoms with Gasteiger partial charge in [0.25, 0.3) is 5.91 Å². The van der Waals surface area contributed by atoms with Crippen LogP contribution in [0.3, 0.4) is 0 Å². The number of nitrogens with zero attached hydrogens (tertiary/aromatic N) is 1. The number of carbonyl (C=O) groups is 2. The van der Waals surface area contributed by atoms with Crippen molar-refractivity contribution in [1.82, 2.24) is 4.90 Å². The molecule has 0 radical (unpaired) electrons. The van der Waals surface area contributed by atoms with E-state index < -0.39 is 0 Å². The Morgan fingerprint density at radius 3 is 2.48 bits per heavy atom. The zero-order valence-electron chi connectivity index (χ0n) is 19.0. The predicted octanol–water partition coefficient (Wildman–Crippen LogP) is 4.47. The van der Waals surface area contributed by atoms with Crippen molar-refractivity contribution in [3.8, 4) is 11.5 Å². The summed E-state index contributed by atoms with van der Waals surface area (Å²) in [6.45, 7) is 0.542. The molecule has 1 atom stereocenters. The Labute approximate surface area is 193 Å². The molecule has 0 unspecified atom stereocenters. The van der Waals surface area contributed by atoms with Gasteiger partial charge in [0.2, 0.25) is 0 Å². The average Bonchev–Trinajstić information content (AvgIpc) is 2.86. The van der Waals surface area contributed by atoms with E-state index in [2.05, 4.69) is 0 Å². The topological polar surface area (TPSA) is 65.1 Å². The number of esters is 1. The van der Waals surface area contributed by atoms with Crippen LogP contribution >= 0.6 is 0 Å². The van der Waals surface area contributed by atoms with Gasteiger partial charge in [-0.15, -0.1) is 0 Å².